The van der Waals surface area contributed by atoms with Gasteiger partial charge in [0.15, 0.2) is 0 Å². The van der Waals surface area contributed by atoms with E-state index in [4.69, 9.17) is 0 Å². The third kappa shape index (κ3) is 2.91. The molecule has 1 aromatic heterocycles. The maximum atomic E-state index is 4.66. The first kappa shape index (κ1) is 11.8. The zero-order valence-electron chi connectivity index (χ0n) is 10.4. The fraction of sp³-hybridized carbons (Fsp3) is 0.385. The third-order valence-electron chi connectivity index (χ3n) is 2.90. The van der Waals surface area contributed by atoms with Crippen LogP contribution in [0.3, 0.4) is 0 Å². The molecule has 2 aromatic rings. The third-order valence-corrected chi connectivity index (χ3v) is 2.90. The lowest BCUT2D eigenvalue weighted by atomic mass is 10.1. The second-order valence-corrected chi connectivity index (χ2v) is 4.31. The Hall–Kier alpha value is -1.68. The molecule has 0 saturated heterocycles. The van der Waals surface area contributed by atoms with Gasteiger partial charge in [0.25, 0.3) is 0 Å². The molecule has 0 saturated carbocycles. The van der Waals surface area contributed by atoms with Gasteiger partial charge >= 0.3 is 0 Å². The van der Waals surface area contributed by atoms with E-state index in [-0.39, 0.29) is 6.04 Å². The van der Waals surface area contributed by atoms with Crippen LogP contribution in [0, 0.1) is 13.8 Å². The lowest BCUT2D eigenvalue weighted by Crippen LogP contribution is -2.18. The molecule has 0 amide bonds. The first-order chi connectivity index (χ1) is 8.16. The molecule has 0 unspecified atom stereocenters. The van der Waals surface area contributed by atoms with Gasteiger partial charge in [-0.3, -0.25) is 0 Å². The highest BCUT2D eigenvalue weighted by molar-refractivity contribution is 5.23. The maximum Gasteiger partial charge on any atom is 0.121 e. The van der Waals surface area contributed by atoms with Gasteiger partial charge in [-0.1, -0.05) is 40.1 Å². The van der Waals surface area contributed by atoms with E-state index >= 15 is 0 Å². The van der Waals surface area contributed by atoms with Crippen molar-refractivity contribution in [3.8, 4) is 0 Å². The van der Waals surface area contributed by atoms with Crippen LogP contribution in [0.1, 0.15) is 35.5 Å². The number of hydrogen-bond acceptors (Lipinski definition) is 4. The van der Waals surface area contributed by atoms with E-state index in [0.717, 1.165) is 11.4 Å². The number of aryl methyl sites for hydroxylation is 2. The van der Waals surface area contributed by atoms with Crippen LogP contribution < -0.4 is 5.32 Å². The van der Waals surface area contributed by atoms with Crippen molar-refractivity contribution in [3.05, 3.63) is 46.8 Å². The standard InChI is InChI=1S/C13H17N3O/c1-9-4-6-12(7-5-9)10(2)14-8-13-11(3)15-17-16-13/h4-7,10,14H,8H2,1-3H3/t10-/m1/s1. The van der Waals surface area contributed by atoms with Crippen molar-refractivity contribution in [1.82, 2.24) is 15.6 Å². The molecular formula is C13H17N3O. The van der Waals surface area contributed by atoms with Crippen molar-refractivity contribution < 1.29 is 4.63 Å². The highest BCUT2D eigenvalue weighted by atomic mass is 16.6. The summed E-state index contributed by atoms with van der Waals surface area (Å²) in [6, 6.07) is 8.81. The van der Waals surface area contributed by atoms with Gasteiger partial charge < -0.3 is 5.32 Å². The SMILES string of the molecule is Cc1ccc([C@@H](C)NCc2nonc2C)cc1. The molecule has 0 aliphatic heterocycles. The van der Waals surface area contributed by atoms with Crippen LogP contribution in [0.15, 0.2) is 28.9 Å². The maximum absolute atomic E-state index is 4.66. The predicted molar refractivity (Wildman–Crippen MR) is 65.5 cm³/mol. The first-order valence-electron chi connectivity index (χ1n) is 5.75. The topological polar surface area (TPSA) is 51.0 Å². The van der Waals surface area contributed by atoms with E-state index in [1.54, 1.807) is 0 Å². The predicted octanol–water partition coefficient (Wildman–Crippen LogP) is 2.54. The van der Waals surface area contributed by atoms with E-state index in [1.807, 2.05) is 6.92 Å². The summed E-state index contributed by atoms with van der Waals surface area (Å²) in [6.07, 6.45) is 0. The Balaban J connectivity index is 1.95. The Morgan fingerprint density at radius 1 is 1.18 bits per heavy atom. The van der Waals surface area contributed by atoms with Crippen LogP contribution in [-0.2, 0) is 6.54 Å². The van der Waals surface area contributed by atoms with Gasteiger partial charge in [-0.05, 0) is 26.3 Å². The van der Waals surface area contributed by atoms with E-state index in [2.05, 4.69) is 58.4 Å². The average molecular weight is 231 g/mol. The summed E-state index contributed by atoms with van der Waals surface area (Å²) in [7, 11) is 0. The molecule has 0 spiro atoms. The molecule has 0 bridgehead atoms. The molecule has 1 atom stereocenters. The number of benzene rings is 1. The van der Waals surface area contributed by atoms with Gasteiger partial charge in [0, 0.05) is 12.6 Å². The minimum Gasteiger partial charge on any atom is -0.304 e. The fourth-order valence-electron chi connectivity index (χ4n) is 1.63. The summed E-state index contributed by atoms with van der Waals surface area (Å²) < 4.78 is 4.66. The first-order valence-corrected chi connectivity index (χ1v) is 5.75. The van der Waals surface area contributed by atoms with Crippen LogP contribution in [0.5, 0.6) is 0 Å². The van der Waals surface area contributed by atoms with E-state index < -0.39 is 0 Å². The Morgan fingerprint density at radius 3 is 2.47 bits per heavy atom. The van der Waals surface area contributed by atoms with Crippen molar-refractivity contribution in [2.45, 2.75) is 33.4 Å². The summed E-state index contributed by atoms with van der Waals surface area (Å²) in [4.78, 5) is 0. The lowest BCUT2D eigenvalue weighted by molar-refractivity contribution is 0.300. The van der Waals surface area contributed by atoms with Crippen molar-refractivity contribution >= 4 is 0 Å². The number of aromatic nitrogens is 2. The molecule has 4 nitrogen and oxygen atoms in total. The van der Waals surface area contributed by atoms with Crippen molar-refractivity contribution in [3.63, 3.8) is 0 Å². The van der Waals surface area contributed by atoms with Gasteiger partial charge in [-0.25, -0.2) is 4.63 Å². The molecule has 0 fully saturated rings. The molecule has 90 valence electrons. The van der Waals surface area contributed by atoms with E-state index in [9.17, 15) is 0 Å². The van der Waals surface area contributed by atoms with Crippen LogP contribution in [-0.4, -0.2) is 10.3 Å². The summed E-state index contributed by atoms with van der Waals surface area (Å²) in [5.74, 6) is 0. The zero-order valence-corrected chi connectivity index (χ0v) is 10.4. The highest BCUT2D eigenvalue weighted by Crippen LogP contribution is 2.13. The Bertz CT molecular complexity index is 476. The number of nitrogens with zero attached hydrogens (tertiary/aromatic N) is 2. The van der Waals surface area contributed by atoms with E-state index in [1.165, 1.54) is 11.1 Å². The summed E-state index contributed by atoms with van der Waals surface area (Å²) in [5.41, 5.74) is 4.25. The summed E-state index contributed by atoms with van der Waals surface area (Å²) >= 11 is 0. The molecule has 4 heteroatoms. The average Bonchev–Trinajstić information content (AvgIpc) is 2.73. The van der Waals surface area contributed by atoms with Crippen LogP contribution in [0.25, 0.3) is 0 Å². The van der Waals surface area contributed by atoms with Gasteiger partial charge in [-0.15, -0.1) is 0 Å². The van der Waals surface area contributed by atoms with Crippen LogP contribution in [0.4, 0.5) is 0 Å². The smallest absolute Gasteiger partial charge is 0.121 e. The zero-order chi connectivity index (χ0) is 12.3. The van der Waals surface area contributed by atoms with Crippen LogP contribution in [0.2, 0.25) is 0 Å². The van der Waals surface area contributed by atoms with Crippen molar-refractivity contribution in [2.24, 2.45) is 0 Å². The largest absolute Gasteiger partial charge is 0.304 e. The molecule has 17 heavy (non-hydrogen) atoms. The number of nitrogens with one attached hydrogen (secondary N) is 1. The van der Waals surface area contributed by atoms with Gasteiger partial charge in [0.05, 0.1) is 0 Å². The van der Waals surface area contributed by atoms with Crippen molar-refractivity contribution in [2.75, 3.05) is 0 Å². The molecular weight excluding hydrogens is 214 g/mol. The second kappa shape index (κ2) is 5.10. The molecule has 0 aliphatic rings. The lowest BCUT2D eigenvalue weighted by Gasteiger charge is -2.13. The fourth-order valence-corrected chi connectivity index (χ4v) is 1.63. The summed E-state index contributed by atoms with van der Waals surface area (Å²) in [5, 5.41) is 11.0. The van der Waals surface area contributed by atoms with Crippen LogP contribution >= 0.6 is 0 Å². The van der Waals surface area contributed by atoms with E-state index in [0.29, 0.717) is 6.54 Å². The van der Waals surface area contributed by atoms with Crippen molar-refractivity contribution in [1.29, 1.82) is 0 Å². The minimum atomic E-state index is 0.284. The molecule has 1 aromatic carbocycles. The van der Waals surface area contributed by atoms with Gasteiger partial charge in [-0.2, -0.15) is 0 Å². The molecule has 2 rings (SSSR count). The minimum absolute atomic E-state index is 0.284. The number of rotatable bonds is 4. The quantitative estimate of drug-likeness (QED) is 0.878. The Kier molecular flexibility index (Phi) is 3.54. The molecule has 0 radical (unpaired) electrons. The monoisotopic (exact) mass is 231 g/mol. The highest BCUT2D eigenvalue weighted by Gasteiger charge is 2.08. The van der Waals surface area contributed by atoms with Gasteiger partial charge in [0.1, 0.15) is 11.4 Å². The molecule has 1 N–H and O–H groups in total. The Morgan fingerprint density at radius 2 is 1.88 bits per heavy atom. The van der Waals surface area contributed by atoms with Gasteiger partial charge in [0.2, 0.25) is 0 Å². The second-order valence-electron chi connectivity index (χ2n) is 4.31. The Labute approximate surface area is 101 Å². The summed E-state index contributed by atoms with van der Waals surface area (Å²) in [6.45, 7) is 6.79. The molecule has 0 aliphatic carbocycles. The number of hydrogen-bond donors (Lipinski definition) is 1. The normalized spacial score (nSPS) is 12.6. The molecule has 1 heterocycles.